The van der Waals surface area contributed by atoms with Gasteiger partial charge in [0, 0.05) is 30.2 Å². The fourth-order valence-corrected chi connectivity index (χ4v) is 2.20. The zero-order valence-corrected chi connectivity index (χ0v) is 12.7. The van der Waals surface area contributed by atoms with Crippen LogP contribution in [-0.4, -0.2) is 21.0 Å². The number of ether oxygens (including phenoxy) is 1. The van der Waals surface area contributed by atoms with E-state index in [1.807, 2.05) is 24.3 Å². The third kappa shape index (κ3) is 3.67. The lowest BCUT2D eigenvalue weighted by Gasteiger charge is -2.12. The van der Waals surface area contributed by atoms with E-state index in [4.69, 9.17) is 4.74 Å². The van der Waals surface area contributed by atoms with Gasteiger partial charge in [0.1, 0.15) is 5.75 Å². The maximum Gasteiger partial charge on any atom is 0.337 e. The number of hydrogen-bond donors (Lipinski definition) is 2. The van der Waals surface area contributed by atoms with Crippen LogP contribution in [0.1, 0.15) is 15.9 Å². The number of benzene rings is 2. The fourth-order valence-electron chi connectivity index (χ4n) is 2.20. The summed E-state index contributed by atoms with van der Waals surface area (Å²) in [6.45, 7) is 0.410. The third-order valence-electron chi connectivity index (χ3n) is 3.34. The number of carbonyl (C=O) groups is 1. The molecule has 120 valence electrons. The van der Waals surface area contributed by atoms with Gasteiger partial charge in [-0.1, -0.05) is 30.3 Å². The van der Waals surface area contributed by atoms with Crippen LogP contribution in [0.15, 0.2) is 67.0 Å². The zero-order valence-electron chi connectivity index (χ0n) is 12.7. The quantitative estimate of drug-likeness (QED) is 0.722. The van der Waals surface area contributed by atoms with Gasteiger partial charge < -0.3 is 15.2 Å². The highest BCUT2D eigenvalue weighted by Crippen LogP contribution is 2.24. The molecule has 0 aliphatic rings. The first kappa shape index (κ1) is 15.5. The van der Waals surface area contributed by atoms with Gasteiger partial charge in [-0.25, -0.2) is 14.8 Å². The largest absolute Gasteiger partial charge is 0.478 e. The van der Waals surface area contributed by atoms with Gasteiger partial charge >= 0.3 is 12.0 Å². The van der Waals surface area contributed by atoms with Crippen LogP contribution in [0.4, 0.5) is 5.69 Å². The molecule has 0 atom stereocenters. The molecule has 0 unspecified atom stereocenters. The number of aromatic nitrogens is 2. The van der Waals surface area contributed by atoms with Crippen LogP contribution in [0.3, 0.4) is 0 Å². The molecule has 3 rings (SSSR count). The van der Waals surface area contributed by atoms with Crippen molar-refractivity contribution in [3.05, 3.63) is 78.1 Å². The number of anilines is 1. The molecular weight excluding hydrogens is 306 g/mol. The topological polar surface area (TPSA) is 84.3 Å². The second-order valence-corrected chi connectivity index (χ2v) is 4.95. The molecule has 1 aromatic heterocycles. The number of nitrogens with one attached hydrogen (secondary N) is 1. The van der Waals surface area contributed by atoms with Crippen molar-refractivity contribution in [1.82, 2.24) is 9.97 Å². The molecule has 2 aromatic carbocycles. The molecule has 24 heavy (non-hydrogen) atoms. The van der Waals surface area contributed by atoms with Crippen molar-refractivity contribution in [3.63, 3.8) is 0 Å². The van der Waals surface area contributed by atoms with Crippen molar-refractivity contribution in [1.29, 1.82) is 0 Å². The van der Waals surface area contributed by atoms with Gasteiger partial charge in [-0.2, -0.15) is 0 Å². The molecule has 0 saturated carbocycles. The highest BCUT2D eigenvalue weighted by molar-refractivity contribution is 5.94. The number of hydrogen-bond acceptors (Lipinski definition) is 5. The van der Waals surface area contributed by atoms with Crippen LogP contribution in [0.25, 0.3) is 0 Å². The summed E-state index contributed by atoms with van der Waals surface area (Å²) in [5.74, 6) is -0.357. The molecule has 0 bridgehead atoms. The predicted octanol–water partition coefficient (Wildman–Crippen LogP) is 3.58. The summed E-state index contributed by atoms with van der Waals surface area (Å²) in [6.07, 6.45) is 3.21. The molecule has 0 aliphatic carbocycles. The first-order valence-electron chi connectivity index (χ1n) is 7.33. The zero-order chi connectivity index (χ0) is 16.8. The van der Waals surface area contributed by atoms with Crippen LogP contribution >= 0.6 is 0 Å². The highest BCUT2D eigenvalue weighted by atomic mass is 16.5. The second-order valence-electron chi connectivity index (χ2n) is 4.95. The van der Waals surface area contributed by atoms with Crippen molar-refractivity contribution in [2.24, 2.45) is 0 Å². The molecule has 0 saturated heterocycles. The summed E-state index contributed by atoms with van der Waals surface area (Å²) in [7, 11) is 0. The minimum atomic E-state index is -0.972. The second kappa shape index (κ2) is 7.23. The van der Waals surface area contributed by atoms with E-state index in [0.717, 1.165) is 5.56 Å². The lowest BCUT2D eigenvalue weighted by atomic mass is 10.1. The number of nitrogens with zero attached hydrogens (tertiary/aromatic N) is 2. The Hall–Kier alpha value is -3.41. The van der Waals surface area contributed by atoms with Gasteiger partial charge in [-0.3, -0.25) is 0 Å². The van der Waals surface area contributed by atoms with E-state index >= 15 is 0 Å². The predicted molar refractivity (Wildman–Crippen MR) is 89.3 cm³/mol. The standard InChI is InChI=1S/C18H15N3O3/c22-17(23)14-7-2-3-8-15(14)21-12-13-6-1-4-9-16(13)24-18-19-10-5-11-20-18/h1-11,21H,12H2,(H,22,23). The summed E-state index contributed by atoms with van der Waals surface area (Å²) >= 11 is 0. The Kier molecular flexibility index (Phi) is 4.67. The summed E-state index contributed by atoms with van der Waals surface area (Å²) < 4.78 is 5.70. The molecule has 0 aliphatic heterocycles. The van der Waals surface area contributed by atoms with Crippen molar-refractivity contribution >= 4 is 11.7 Å². The Morgan fingerprint density at radius 3 is 2.50 bits per heavy atom. The van der Waals surface area contributed by atoms with Crippen LogP contribution in [0.2, 0.25) is 0 Å². The van der Waals surface area contributed by atoms with Gasteiger partial charge in [-0.15, -0.1) is 0 Å². The number of aromatic carboxylic acids is 1. The summed E-state index contributed by atoms with van der Waals surface area (Å²) in [6, 6.07) is 16.2. The maximum absolute atomic E-state index is 11.3. The Balaban J connectivity index is 1.78. The summed E-state index contributed by atoms with van der Waals surface area (Å²) in [4.78, 5) is 19.3. The lowest BCUT2D eigenvalue weighted by Crippen LogP contribution is -2.07. The number of rotatable bonds is 6. The Morgan fingerprint density at radius 2 is 1.71 bits per heavy atom. The van der Waals surface area contributed by atoms with Crippen LogP contribution in [0, 0.1) is 0 Å². The smallest absolute Gasteiger partial charge is 0.337 e. The van der Waals surface area contributed by atoms with Crippen LogP contribution in [-0.2, 0) is 6.54 Å². The normalized spacial score (nSPS) is 10.2. The van der Waals surface area contributed by atoms with Crippen LogP contribution in [0.5, 0.6) is 11.8 Å². The Labute approximate surface area is 138 Å². The molecule has 3 aromatic rings. The molecule has 0 radical (unpaired) electrons. The van der Waals surface area contributed by atoms with Gasteiger partial charge in [0.05, 0.1) is 5.56 Å². The molecule has 0 amide bonds. The average Bonchev–Trinajstić information content (AvgIpc) is 2.62. The minimum absolute atomic E-state index is 0.224. The van der Waals surface area contributed by atoms with Crippen molar-refractivity contribution in [3.8, 4) is 11.8 Å². The molecule has 2 N–H and O–H groups in total. The SMILES string of the molecule is O=C(O)c1ccccc1NCc1ccccc1Oc1ncccn1. The first-order chi connectivity index (χ1) is 11.7. The maximum atomic E-state index is 11.3. The van der Waals surface area contributed by atoms with E-state index in [2.05, 4.69) is 15.3 Å². The van der Waals surface area contributed by atoms with Crippen molar-refractivity contribution < 1.29 is 14.6 Å². The van der Waals surface area contributed by atoms with E-state index in [1.165, 1.54) is 0 Å². The van der Waals surface area contributed by atoms with Gasteiger partial charge in [0.15, 0.2) is 0 Å². The number of carboxylic acid groups (broad SMARTS) is 1. The van der Waals surface area contributed by atoms with Crippen LogP contribution < -0.4 is 10.1 Å². The molecule has 6 heteroatoms. The van der Waals surface area contributed by atoms with E-state index in [0.29, 0.717) is 18.0 Å². The minimum Gasteiger partial charge on any atom is -0.478 e. The average molecular weight is 321 g/mol. The summed E-state index contributed by atoms with van der Waals surface area (Å²) in [5, 5.41) is 12.4. The van der Waals surface area contributed by atoms with Crippen molar-refractivity contribution in [2.75, 3.05) is 5.32 Å². The van der Waals surface area contributed by atoms with Gasteiger partial charge in [0.25, 0.3) is 0 Å². The highest BCUT2D eigenvalue weighted by Gasteiger charge is 2.10. The lowest BCUT2D eigenvalue weighted by molar-refractivity contribution is 0.0698. The summed E-state index contributed by atoms with van der Waals surface area (Å²) in [5.41, 5.74) is 1.64. The molecule has 6 nitrogen and oxygen atoms in total. The number of para-hydroxylation sites is 2. The molecular formula is C18H15N3O3. The van der Waals surface area contributed by atoms with E-state index < -0.39 is 5.97 Å². The Bertz CT molecular complexity index is 838. The fraction of sp³-hybridized carbons (Fsp3) is 0.0556. The monoisotopic (exact) mass is 321 g/mol. The van der Waals surface area contributed by atoms with E-state index in [9.17, 15) is 9.90 Å². The molecule has 0 fully saturated rings. The van der Waals surface area contributed by atoms with E-state index in [1.54, 1.807) is 42.7 Å². The van der Waals surface area contributed by atoms with E-state index in [-0.39, 0.29) is 11.6 Å². The van der Waals surface area contributed by atoms with Gasteiger partial charge in [-0.05, 0) is 24.3 Å². The first-order valence-corrected chi connectivity index (χ1v) is 7.33. The number of carboxylic acids is 1. The molecule has 0 spiro atoms. The molecule has 1 heterocycles. The van der Waals surface area contributed by atoms with Crippen molar-refractivity contribution in [2.45, 2.75) is 6.54 Å². The third-order valence-corrected chi connectivity index (χ3v) is 3.34. The van der Waals surface area contributed by atoms with Gasteiger partial charge in [0.2, 0.25) is 0 Å². The Morgan fingerprint density at radius 1 is 1.00 bits per heavy atom.